The van der Waals surface area contributed by atoms with Crippen molar-refractivity contribution in [3.8, 4) is 0 Å². The number of allylic oxidation sites excluding steroid dienone is 3. The Kier molecular flexibility index (Phi) is 9.35. The Balaban J connectivity index is 2.04. The maximum atomic E-state index is 12.8. The van der Waals surface area contributed by atoms with Crippen molar-refractivity contribution in [2.75, 3.05) is 20.0 Å². The first-order valence-electron chi connectivity index (χ1n) is 10.4. The fourth-order valence-corrected chi connectivity index (χ4v) is 4.56. The molecular formula is C22H34N2O7S. The Labute approximate surface area is 192 Å². The number of amides is 2. The fraction of sp³-hybridized carbons (Fsp3) is 0.636. The Bertz CT molecular complexity index is 762. The predicted octanol–water partition coefficient (Wildman–Crippen LogP) is -0.128. The van der Waals surface area contributed by atoms with Gasteiger partial charge in [-0.3, -0.25) is 9.59 Å². The molecule has 1 aliphatic carbocycles. The Morgan fingerprint density at radius 3 is 2.56 bits per heavy atom. The first kappa shape index (κ1) is 26.4. The molecule has 3 unspecified atom stereocenters. The molecule has 9 nitrogen and oxygen atoms in total. The van der Waals surface area contributed by atoms with Gasteiger partial charge in [0.2, 0.25) is 5.91 Å². The summed E-state index contributed by atoms with van der Waals surface area (Å²) in [5.41, 5.74) is -0.238. The van der Waals surface area contributed by atoms with Crippen LogP contribution in [0.4, 0.5) is 0 Å². The van der Waals surface area contributed by atoms with Crippen LogP contribution in [0, 0.1) is 5.41 Å². The van der Waals surface area contributed by atoms with Crippen molar-refractivity contribution in [3.63, 3.8) is 0 Å². The fourth-order valence-electron chi connectivity index (χ4n) is 3.32. The predicted molar refractivity (Wildman–Crippen MR) is 122 cm³/mol. The zero-order valence-electron chi connectivity index (χ0n) is 19.0. The van der Waals surface area contributed by atoms with Crippen LogP contribution < -0.4 is 10.6 Å². The number of aliphatic hydroxyl groups excluding tert-OH is 3. The second-order valence-electron chi connectivity index (χ2n) is 8.86. The molecule has 1 heterocycles. The molecular weight excluding hydrogens is 436 g/mol. The van der Waals surface area contributed by atoms with Crippen molar-refractivity contribution in [2.24, 2.45) is 5.41 Å². The summed E-state index contributed by atoms with van der Waals surface area (Å²) in [7, 11) is 2.73. The van der Waals surface area contributed by atoms with Crippen LogP contribution in [-0.4, -0.2) is 88.9 Å². The van der Waals surface area contributed by atoms with Gasteiger partial charge in [0, 0.05) is 12.9 Å². The van der Waals surface area contributed by atoms with Crippen molar-refractivity contribution >= 4 is 23.6 Å². The van der Waals surface area contributed by atoms with Gasteiger partial charge in [-0.15, -0.1) is 11.8 Å². The number of thioether (sulfide) groups is 1. The summed E-state index contributed by atoms with van der Waals surface area (Å²) in [6.07, 6.45) is 2.38. The second kappa shape index (κ2) is 11.3. The molecule has 2 aliphatic rings. The van der Waals surface area contributed by atoms with Gasteiger partial charge < -0.3 is 35.4 Å². The minimum atomic E-state index is -1.71. The Morgan fingerprint density at radius 1 is 1.28 bits per heavy atom. The highest BCUT2D eigenvalue weighted by molar-refractivity contribution is 8.00. The van der Waals surface area contributed by atoms with Crippen LogP contribution in [-0.2, 0) is 19.1 Å². The van der Waals surface area contributed by atoms with Crippen molar-refractivity contribution < 1.29 is 34.4 Å². The Hall–Kier alpha value is -1.85. The van der Waals surface area contributed by atoms with Crippen molar-refractivity contribution in [3.05, 3.63) is 36.1 Å². The Morgan fingerprint density at radius 2 is 1.97 bits per heavy atom. The molecule has 2 rings (SSSR count). The van der Waals surface area contributed by atoms with Crippen molar-refractivity contribution in [1.29, 1.82) is 0 Å². The lowest BCUT2D eigenvalue weighted by molar-refractivity contribution is -0.150. The lowest BCUT2D eigenvalue weighted by Crippen LogP contribution is -2.56. The molecule has 0 bridgehead atoms. The van der Waals surface area contributed by atoms with E-state index in [0.29, 0.717) is 11.5 Å². The van der Waals surface area contributed by atoms with Gasteiger partial charge >= 0.3 is 0 Å². The first-order chi connectivity index (χ1) is 15.0. The zero-order valence-corrected chi connectivity index (χ0v) is 19.8. The SMILES string of the molecule is COC1=CC=CC2SCC(NC(=O)[C@H](OC)[C@H](O)[C@@H](O)[C@H](O)/C=C/C(C)(C)C)C(=O)NC12. The van der Waals surface area contributed by atoms with Crippen molar-refractivity contribution in [2.45, 2.75) is 62.5 Å². The molecule has 7 atom stereocenters. The average molecular weight is 471 g/mol. The number of nitrogens with one attached hydrogen (secondary N) is 2. The molecule has 5 N–H and O–H groups in total. The van der Waals surface area contributed by atoms with Gasteiger partial charge in [0.05, 0.1) is 12.4 Å². The summed E-state index contributed by atoms with van der Waals surface area (Å²) in [5, 5.41) is 36.4. The van der Waals surface area contributed by atoms with Crippen LogP contribution >= 0.6 is 11.8 Å². The zero-order chi connectivity index (χ0) is 24.1. The van der Waals surface area contributed by atoms with E-state index in [1.54, 1.807) is 12.2 Å². The minimum absolute atomic E-state index is 0.0452. The summed E-state index contributed by atoms with van der Waals surface area (Å²) in [6.45, 7) is 5.74. The topological polar surface area (TPSA) is 137 Å². The molecule has 1 aliphatic heterocycles. The highest BCUT2D eigenvalue weighted by Crippen LogP contribution is 2.28. The van der Waals surface area contributed by atoms with E-state index in [2.05, 4.69) is 10.6 Å². The largest absolute Gasteiger partial charge is 0.499 e. The van der Waals surface area contributed by atoms with E-state index in [1.807, 2.05) is 32.9 Å². The third-order valence-corrected chi connectivity index (χ3v) is 6.47. The van der Waals surface area contributed by atoms with Crippen LogP contribution in [0.15, 0.2) is 36.1 Å². The van der Waals surface area contributed by atoms with E-state index < -0.39 is 42.3 Å². The minimum Gasteiger partial charge on any atom is -0.499 e. The number of hydrogen-bond donors (Lipinski definition) is 5. The number of methoxy groups -OCH3 is 2. The van der Waals surface area contributed by atoms with Gasteiger partial charge in [-0.1, -0.05) is 45.1 Å². The van der Waals surface area contributed by atoms with Crippen molar-refractivity contribution in [1.82, 2.24) is 10.6 Å². The van der Waals surface area contributed by atoms with E-state index in [-0.39, 0.29) is 16.7 Å². The molecule has 0 aromatic rings. The molecule has 0 aromatic heterocycles. The van der Waals surface area contributed by atoms with Gasteiger partial charge in [-0.2, -0.15) is 0 Å². The molecule has 0 aromatic carbocycles. The quantitative estimate of drug-likeness (QED) is 0.310. The summed E-state index contributed by atoms with van der Waals surface area (Å²) >= 11 is 1.48. The maximum absolute atomic E-state index is 12.8. The second-order valence-corrected chi connectivity index (χ2v) is 10.1. The van der Waals surface area contributed by atoms with Crippen LogP contribution in [0.25, 0.3) is 0 Å². The number of fused-ring (bicyclic) bond motifs is 1. The number of ether oxygens (including phenoxy) is 2. The summed E-state index contributed by atoms with van der Waals surface area (Å²) in [5.74, 6) is -0.244. The van der Waals surface area contributed by atoms with E-state index in [0.717, 1.165) is 0 Å². The third-order valence-electron chi connectivity index (χ3n) is 5.13. The molecule has 1 saturated heterocycles. The van der Waals surface area contributed by atoms with Gasteiger partial charge in [0.25, 0.3) is 5.91 Å². The van der Waals surface area contributed by atoms with Crippen LogP contribution in [0.1, 0.15) is 20.8 Å². The highest BCUT2D eigenvalue weighted by Gasteiger charge is 2.39. The number of aliphatic hydroxyl groups is 3. The summed E-state index contributed by atoms with van der Waals surface area (Å²) < 4.78 is 10.4. The molecule has 180 valence electrons. The normalized spacial score (nSPS) is 27.4. The van der Waals surface area contributed by atoms with Crippen LogP contribution in [0.3, 0.4) is 0 Å². The highest BCUT2D eigenvalue weighted by atomic mass is 32.2. The maximum Gasteiger partial charge on any atom is 0.252 e. The molecule has 32 heavy (non-hydrogen) atoms. The van der Waals surface area contributed by atoms with Gasteiger partial charge in [0.15, 0.2) is 6.10 Å². The van der Waals surface area contributed by atoms with Gasteiger partial charge in [-0.25, -0.2) is 0 Å². The summed E-state index contributed by atoms with van der Waals surface area (Å²) in [6, 6.07) is -1.22. The third kappa shape index (κ3) is 6.82. The van der Waals surface area contributed by atoms with Crippen LogP contribution in [0.2, 0.25) is 0 Å². The molecule has 10 heteroatoms. The molecule has 2 amide bonds. The van der Waals surface area contributed by atoms with E-state index >= 15 is 0 Å². The number of hydrogen-bond acceptors (Lipinski definition) is 8. The first-order valence-corrected chi connectivity index (χ1v) is 11.4. The van der Waals surface area contributed by atoms with E-state index in [1.165, 1.54) is 32.1 Å². The molecule has 0 spiro atoms. The standard InChI is InChI=1S/C22H34N2O7S/c1-22(2,3)10-9-13(25)17(26)18(27)19(31-5)21(29)23-12-11-32-15-8-6-7-14(30-4)16(15)24-20(12)28/h6-10,12-13,15-19,25-27H,11H2,1-5H3,(H,23,29)(H,24,28)/b10-9+/t12?,13-,15?,16?,17+,18-,19-/m1/s1. The van der Waals surface area contributed by atoms with E-state index in [4.69, 9.17) is 9.47 Å². The number of carbonyl (C=O) groups excluding carboxylic acids is 2. The average Bonchev–Trinajstić information content (AvgIpc) is 2.89. The molecule has 0 saturated carbocycles. The molecule has 1 fully saturated rings. The van der Waals surface area contributed by atoms with Gasteiger partial charge in [0.1, 0.15) is 36.2 Å². The molecule has 0 radical (unpaired) electrons. The van der Waals surface area contributed by atoms with E-state index in [9.17, 15) is 24.9 Å². The number of carbonyl (C=O) groups is 2. The number of rotatable bonds is 8. The monoisotopic (exact) mass is 470 g/mol. The lowest BCUT2D eigenvalue weighted by atomic mass is 9.94. The van der Waals surface area contributed by atoms with Crippen LogP contribution in [0.5, 0.6) is 0 Å². The summed E-state index contributed by atoms with van der Waals surface area (Å²) in [4.78, 5) is 25.5. The van der Waals surface area contributed by atoms with Gasteiger partial charge in [-0.05, 0) is 11.5 Å². The lowest BCUT2D eigenvalue weighted by Gasteiger charge is -2.28. The smallest absolute Gasteiger partial charge is 0.252 e.